The van der Waals surface area contributed by atoms with Crippen LogP contribution in [0.5, 0.6) is 5.75 Å². The van der Waals surface area contributed by atoms with Crippen LogP contribution in [0.2, 0.25) is 0 Å². The molecular weight excluding hydrogens is 342 g/mol. The van der Waals surface area contributed by atoms with Gasteiger partial charge in [0.05, 0.1) is 18.2 Å². The van der Waals surface area contributed by atoms with E-state index in [9.17, 15) is 9.59 Å². The molecule has 6 nitrogen and oxygen atoms in total. The van der Waals surface area contributed by atoms with Gasteiger partial charge in [0.15, 0.2) is 0 Å². The number of amides is 2. The van der Waals surface area contributed by atoms with Gasteiger partial charge in [0.2, 0.25) is 5.91 Å². The number of carbonyl (C=O) groups is 2. The van der Waals surface area contributed by atoms with E-state index in [1.807, 2.05) is 29.0 Å². The van der Waals surface area contributed by atoms with Gasteiger partial charge in [-0.05, 0) is 24.1 Å². The van der Waals surface area contributed by atoms with Crippen molar-refractivity contribution in [2.45, 2.75) is 26.3 Å². The molecule has 2 amide bonds. The molecule has 0 saturated heterocycles. The lowest BCUT2D eigenvalue weighted by Crippen LogP contribution is -2.45. The summed E-state index contributed by atoms with van der Waals surface area (Å²) in [5.74, 6) is 1.17. The summed E-state index contributed by atoms with van der Waals surface area (Å²) in [6.45, 7) is 9.65. The van der Waals surface area contributed by atoms with Crippen molar-refractivity contribution in [2.24, 2.45) is 5.92 Å². The summed E-state index contributed by atoms with van der Waals surface area (Å²) >= 11 is 0. The molecule has 0 aliphatic carbocycles. The molecule has 1 aliphatic heterocycles. The van der Waals surface area contributed by atoms with Crippen LogP contribution in [0.4, 0.5) is 5.69 Å². The van der Waals surface area contributed by atoms with Crippen LogP contribution in [-0.2, 0) is 4.79 Å². The number of benzene rings is 1. The molecule has 1 atom stereocenters. The lowest BCUT2D eigenvalue weighted by atomic mass is 10.1. The van der Waals surface area contributed by atoms with Crippen molar-refractivity contribution in [1.82, 2.24) is 9.80 Å². The Bertz CT molecular complexity index is 700. The lowest BCUT2D eigenvalue weighted by molar-refractivity contribution is -0.131. The molecule has 1 heterocycles. The number of anilines is 1. The van der Waals surface area contributed by atoms with Crippen LogP contribution in [0.3, 0.4) is 0 Å². The minimum Gasteiger partial charge on any atom is -0.489 e. The third kappa shape index (κ3) is 5.02. The molecular formula is C21H31N3O3. The van der Waals surface area contributed by atoms with E-state index in [-0.39, 0.29) is 17.9 Å². The first-order valence-electron chi connectivity index (χ1n) is 9.34. The number of likely N-dealkylation sites (N-methyl/N-ethyl adjacent to an activating group) is 1. The summed E-state index contributed by atoms with van der Waals surface area (Å²) in [6, 6.07) is 5.36. The average Bonchev–Trinajstić information content (AvgIpc) is 2.62. The van der Waals surface area contributed by atoms with Crippen LogP contribution in [0.1, 0.15) is 30.6 Å². The first-order valence-corrected chi connectivity index (χ1v) is 9.34. The Labute approximate surface area is 162 Å². The van der Waals surface area contributed by atoms with E-state index in [0.717, 1.165) is 11.4 Å². The Morgan fingerprint density at radius 1 is 1.37 bits per heavy atom. The Hall–Kier alpha value is -2.50. The first-order chi connectivity index (χ1) is 12.7. The quantitative estimate of drug-likeness (QED) is 0.690. The Kier molecular flexibility index (Phi) is 6.88. The van der Waals surface area contributed by atoms with Crippen molar-refractivity contribution in [3.8, 4) is 5.75 Å². The Morgan fingerprint density at radius 3 is 2.67 bits per heavy atom. The number of nitrogens with zero attached hydrogens (tertiary/aromatic N) is 3. The van der Waals surface area contributed by atoms with Gasteiger partial charge in [-0.1, -0.05) is 19.9 Å². The van der Waals surface area contributed by atoms with Gasteiger partial charge in [0.1, 0.15) is 12.4 Å². The molecule has 1 aliphatic rings. The predicted octanol–water partition coefficient (Wildman–Crippen LogP) is 2.65. The van der Waals surface area contributed by atoms with Gasteiger partial charge >= 0.3 is 0 Å². The molecule has 0 spiro atoms. The van der Waals surface area contributed by atoms with Crippen molar-refractivity contribution < 1.29 is 14.3 Å². The molecule has 27 heavy (non-hydrogen) atoms. The number of carbonyl (C=O) groups excluding carboxylic acids is 2. The van der Waals surface area contributed by atoms with Gasteiger partial charge < -0.3 is 19.4 Å². The van der Waals surface area contributed by atoms with E-state index >= 15 is 0 Å². The van der Waals surface area contributed by atoms with Crippen molar-refractivity contribution in [2.75, 3.05) is 45.7 Å². The molecule has 1 aromatic carbocycles. The van der Waals surface area contributed by atoms with E-state index in [1.54, 1.807) is 31.1 Å². The van der Waals surface area contributed by atoms with Crippen LogP contribution in [0, 0.1) is 5.92 Å². The van der Waals surface area contributed by atoms with Crippen LogP contribution in [0.15, 0.2) is 30.9 Å². The average molecular weight is 373 g/mol. The van der Waals surface area contributed by atoms with E-state index in [1.165, 1.54) is 0 Å². The summed E-state index contributed by atoms with van der Waals surface area (Å²) < 4.78 is 5.87. The summed E-state index contributed by atoms with van der Waals surface area (Å²) in [6.07, 6.45) is 2.12. The number of rotatable bonds is 7. The zero-order chi connectivity index (χ0) is 20.1. The lowest BCUT2D eigenvalue weighted by Gasteiger charge is -2.37. The van der Waals surface area contributed by atoms with Gasteiger partial charge in [-0.25, -0.2) is 0 Å². The summed E-state index contributed by atoms with van der Waals surface area (Å²) in [7, 11) is 5.41. The zero-order valence-corrected chi connectivity index (χ0v) is 17.1. The fourth-order valence-corrected chi connectivity index (χ4v) is 3.20. The summed E-state index contributed by atoms with van der Waals surface area (Å²) in [4.78, 5) is 30.5. The zero-order valence-electron chi connectivity index (χ0n) is 17.1. The van der Waals surface area contributed by atoms with Crippen LogP contribution >= 0.6 is 0 Å². The smallest absolute Gasteiger partial charge is 0.253 e. The Balaban J connectivity index is 2.16. The first kappa shape index (κ1) is 20.8. The highest BCUT2D eigenvalue weighted by atomic mass is 16.5. The molecule has 148 valence electrons. The third-order valence-corrected chi connectivity index (χ3v) is 4.67. The van der Waals surface area contributed by atoms with E-state index in [0.29, 0.717) is 37.6 Å². The number of hydrogen-bond donors (Lipinski definition) is 0. The molecule has 0 radical (unpaired) electrons. The number of hydrogen-bond acceptors (Lipinski definition) is 4. The monoisotopic (exact) mass is 373 g/mol. The predicted molar refractivity (Wildman–Crippen MR) is 108 cm³/mol. The minimum absolute atomic E-state index is 0.0570. The minimum atomic E-state index is -0.0748. The molecule has 1 unspecified atom stereocenters. The largest absolute Gasteiger partial charge is 0.489 e. The summed E-state index contributed by atoms with van der Waals surface area (Å²) in [5, 5.41) is 0. The van der Waals surface area contributed by atoms with Crippen LogP contribution in [-0.4, -0.2) is 68.5 Å². The van der Waals surface area contributed by atoms with Gasteiger partial charge in [0, 0.05) is 39.8 Å². The molecule has 2 rings (SSSR count). The maximum atomic E-state index is 12.8. The highest BCUT2D eigenvalue weighted by Gasteiger charge is 2.29. The molecule has 0 aromatic heterocycles. The maximum Gasteiger partial charge on any atom is 0.253 e. The molecule has 0 fully saturated rings. The van der Waals surface area contributed by atoms with E-state index in [2.05, 4.69) is 20.4 Å². The van der Waals surface area contributed by atoms with Gasteiger partial charge in [-0.2, -0.15) is 0 Å². The fraction of sp³-hybridized carbons (Fsp3) is 0.524. The molecule has 0 bridgehead atoms. The second kappa shape index (κ2) is 8.93. The second-order valence-electron chi connectivity index (χ2n) is 7.64. The molecule has 6 heteroatoms. The SMILES string of the molecule is C=CCN(CC(C)C)C(=O)CC1COc2ccc(C(=O)N(C)C)cc2N1C. The number of fused-ring (bicyclic) bond motifs is 1. The van der Waals surface area contributed by atoms with E-state index in [4.69, 9.17) is 4.74 Å². The summed E-state index contributed by atoms with van der Waals surface area (Å²) in [5.41, 5.74) is 1.44. The van der Waals surface area contributed by atoms with Crippen molar-refractivity contribution in [1.29, 1.82) is 0 Å². The van der Waals surface area contributed by atoms with Crippen molar-refractivity contribution >= 4 is 17.5 Å². The highest BCUT2D eigenvalue weighted by Crippen LogP contribution is 2.34. The highest BCUT2D eigenvalue weighted by molar-refractivity contribution is 5.95. The van der Waals surface area contributed by atoms with Crippen LogP contribution in [0.25, 0.3) is 0 Å². The van der Waals surface area contributed by atoms with Gasteiger partial charge in [0.25, 0.3) is 5.91 Å². The van der Waals surface area contributed by atoms with E-state index < -0.39 is 0 Å². The number of ether oxygens (including phenoxy) is 1. The van der Waals surface area contributed by atoms with Crippen molar-refractivity contribution in [3.05, 3.63) is 36.4 Å². The molecule has 0 N–H and O–H groups in total. The standard InChI is InChI=1S/C21H31N3O3/c1-7-10-24(13-15(2)3)20(25)12-17-14-27-19-9-8-16(21(26)22(4)5)11-18(19)23(17)6/h7-9,11,15,17H,1,10,12-14H2,2-6H3. The molecule has 1 aromatic rings. The van der Waals surface area contributed by atoms with Crippen molar-refractivity contribution in [3.63, 3.8) is 0 Å². The topological polar surface area (TPSA) is 53.1 Å². The van der Waals surface area contributed by atoms with Crippen LogP contribution < -0.4 is 9.64 Å². The van der Waals surface area contributed by atoms with Gasteiger partial charge in [-0.15, -0.1) is 6.58 Å². The fourth-order valence-electron chi connectivity index (χ4n) is 3.20. The third-order valence-electron chi connectivity index (χ3n) is 4.67. The normalized spacial score (nSPS) is 15.8. The molecule has 0 saturated carbocycles. The van der Waals surface area contributed by atoms with Gasteiger partial charge in [-0.3, -0.25) is 9.59 Å². The maximum absolute atomic E-state index is 12.8. The second-order valence-corrected chi connectivity index (χ2v) is 7.64. The Morgan fingerprint density at radius 2 is 2.07 bits per heavy atom.